The van der Waals surface area contributed by atoms with Crippen LogP contribution in [0.3, 0.4) is 0 Å². The summed E-state index contributed by atoms with van der Waals surface area (Å²) in [5, 5.41) is 2.50. The summed E-state index contributed by atoms with van der Waals surface area (Å²) in [6.45, 7) is 2.06. The number of benzene rings is 5. The molecule has 43 heavy (non-hydrogen) atoms. The van der Waals surface area contributed by atoms with Crippen LogP contribution in [0, 0.1) is 19.1 Å². The van der Waals surface area contributed by atoms with Crippen LogP contribution in [0.5, 0.6) is 11.5 Å². The minimum absolute atomic E-state index is 0. The van der Waals surface area contributed by atoms with Gasteiger partial charge in [0.2, 0.25) is 0 Å². The second-order valence-electron chi connectivity index (χ2n) is 10.5. The summed E-state index contributed by atoms with van der Waals surface area (Å²) in [7, 11) is 0. The molecule has 2 aromatic heterocycles. The normalized spacial score (nSPS) is 11.2. The van der Waals surface area contributed by atoms with Gasteiger partial charge in [-0.1, -0.05) is 90.5 Å². The molecule has 0 saturated carbocycles. The van der Waals surface area contributed by atoms with E-state index >= 15 is 0 Å². The fourth-order valence-electron chi connectivity index (χ4n) is 5.90. The molecule has 0 saturated heterocycles. The zero-order valence-corrected chi connectivity index (χ0v) is 25.5. The Morgan fingerprint density at radius 2 is 1.12 bits per heavy atom. The van der Waals surface area contributed by atoms with Crippen LogP contribution in [0.1, 0.15) is 5.56 Å². The Morgan fingerprint density at radius 3 is 1.79 bits per heavy atom. The molecule has 0 radical (unpaired) electrons. The van der Waals surface area contributed by atoms with E-state index in [9.17, 15) is 0 Å². The van der Waals surface area contributed by atoms with Crippen molar-refractivity contribution in [1.29, 1.82) is 0 Å². The largest absolute Gasteiger partial charge is 2.00 e. The van der Waals surface area contributed by atoms with Crippen LogP contribution in [0.4, 0.5) is 0 Å². The van der Waals surface area contributed by atoms with Crippen molar-refractivity contribution >= 4 is 10.8 Å². The summed E-state index contributed by atoms with van der Waals surface area (Å²) < 4.78 is 6.24. The third-order valence-corrected chi connectivity index (χ3v) is 7.83. The van der Waals surface area contributed by atoms with Gasteiger partial charge in [-0.3, -0.25) is 0 Å². The predicted octanol–water partition coefficient (Wildman–Crippen LogP) is 9.98. The van der Waals surface area contributed by atoms with Gasteiger partial charge in [-0.15, -0.1) is 47.5 Å². The predicted molar refractivity (Wildman–Crippen MR) is 169 cm³/mol. The molecule has 0 aliphatic heterocycles. The molecule has 1 aliphatic rings. The number of hydrogen-bond donors (Lipinski definition) is 0. The first-order valence-electron chi connectivity index (χ1n) is 14.0. The molecule has 0 N–H and O–H groups in total. The van der Waals surface area contributed by atoms with Crippen LogP contribution in [-0.4, -0.2) is 9.97 Å². The van der Waals surface area contributed by atoms with Gasteiger partial charge in [-0.25, -0.2) is 0 Å². The van der Waals surface area contributed by atoms with Crippen molar-refractivity contribution in [3.8, 4) is 67.4 Å². The Bertz CT molecular complexity index is 2150. The van der Waals surface area contributed by atoms with Gasteiger partial charge in [0.25, 0.3) is 0 Å². The summed E-state index contributed by atoms with van der Waals surface area (Å²) in [4.78, 5) is 9.44. The molecule has 7 aromatic rings. The summed E-state index contributed by atoms with van der Waals surface area (Å²) in [5.41, 5.74) is 11.8. The molecule has 0 atom stereocenters. The third kappa shape index (κ3) is 4.86. The van der Waals surface area contributed by atoms with Gasteiger partial charge in [-0.2, -0.15) is 0 Å². The van der Waals surface area contributed by atoms with E-state index in [2.05, 4.69) is 90.8 Å². The molecular formula is C39H24N2OPt. The molecule has 8 rings (SSSR count). The van der Waals surface area contributed by atoms with Crippen molar-refractivity contribution in [2.45, 2.75) is 6.92 Å². The van der Waals surface area contributed by atoms with Gasteiger partial charge in [0.15, 0.2) is 0 Å². The van der Waals surface area contributed by atoms with E-state index in [1.165, 1.54) is 33.0 Å². The minimum Gasteiger partial charge on any atom is -0.497 e. The molecule has 1 aliphatic carbocycles. The average Bonchev–Trinajstić information content (AvgIpc) is 3.15. The van der Waals surface area contributed by atoms with E-state index in [0.717, 1.165) is 39.2 Å². The quantitative estimate of drug-likeness (QED) is 0.169. The molecular weight excluding hydrogens is 708 g/mol. The van der Waals surface area contributed by atoms with Crippen molar-refractivity contribution in [2.24, 2.45) is 0 Å². The van der Waals surface area contributed by atoms with Gasteiger partial charge in [-0.05, 0) is 63.0 Å². The van der Waals surface area contributed by atoms with Crippen molar-refractivity contribution in [2.75, 3.05) is 0 Å². The molecule has 206 valence electrons. The zero-order valence-electron chi connectivity index (χ0n) is 23.2. The van der Waals surface area contributed by atoms with Crippen molar-refractivity contribution < 1.29 is 25.8 Å². The van der Waals surface area contributed by atoms with Crippen LogP contribution in [0.15, 0.2) is 128 Å². The smallest absolute Gasteiger partial charge is 0.497 e. The summed E-state index contributed by atoms with van der Waals surface area (Å²) in [6, 6.07) is 46.5. The van der Waals surface area contributed by atoms with E-state index in [4.69, 9.17) is 9.72 Å². The maximum atomic E-state index is 6.24. The number of nitrogens with zero attached hydrogens (tertiary/aromatic N) is 2. The zero-order chi connectivity index (χ0) is 28.0. The fraction of sp³-hybridized carbons (Fsp3) is 0.0256. The van der Waals surface area contributed by atoms with Crippen molar-refractivity contribution in [3.63, 3.8) is 0 Å². The number of fused-ring (bicyclic) bond motifs is 5. The first-order valence-corrected chi connectivity index (χ1v) is 14.0. The second-order valence-corrected chi connectivity index (χ2v) is 10.5. The Kier molecular flexibility index (Phi) is 6.97. The molecule has 2 heterocycles. The van der Waals surface area contributed by atoms with Crippen LogP contribution >= 0.6 is 0 Å². The number of rotatable bonds is 4. The Hall–Kier alpha value is -4.85. The molecule has 5 aromatic carbocycles. The maximum Gasteiger partial charge on any atom is 2.00 e. The van der Waals surface area contributed by atoms with Gasteiger partial charge >= 0.3 is 21.1 Å². The topological polar surface area (TPSA) is 35.0 Å². The van der Waals surface area contributed by atoms with E-state index in [1.54, 1.807) is 0 Å². The average molecular weight is 732 g/mol. The Balaban J connectivity index is 0.00000300. The molecule has 0 fully saturated rings. The maximum absolute atomic E-state index is 6.24. The molecule has 0 unspecified atom stereocenters. The SMILES string of the molecule is Cc1ccnc(-c2[c-]c(Oc3[c-]c(-c4cc5c(cn4)-c4cccc6cccc(c46)-c4ccccc4-5)ccc3)ccc2)c1.[Pt+2]. The monoisotopic (exact) mass is 731 g/mol. The van der Waals surface area contributed by atoms with Crippen molar-refractivity contribution in [3.05, 3.63) is 145 Å². The van der Waals surface area contributed by atoms with Crippen LogP contribution in [-0.2, 0) is 21.1 Å². The number of hydrogen-bond acceptors (Lipinski definition) is 3. The molecule has 4 heteroatoms. The van der Waals surface area contributed by atoms with E-state index in [-0.39, 0.29) is 21.1 Å². The number of ether oxygens (including phenoxy) is 1. The van der Waals surface area contributed by atoms with Crippen LogP contribution < -0.4 is 4.74 Å². The number of aryl methyl sites for hydroxylation is 1. The Labute approximate surface area is 265 Å². The van der Waals surface area contributed by atoms with E-state index in [0.29, 0.717) is 11.5 Å². The molecule has 0 bridgehead atoms. The first kappa shape index (κ1) is 27.0. The van der Waals surface area contributed by atoms with E-state index in [1.807, 2.05) is 60.9 Å². The van der Waals surface area contributed by atoms with Crippen LogP contribution in [0.25, 0.3) is 66.7 Å². The molecule has 0 spiro atoms. The summed E-state index contributed by atoms with van der Waals surface area (Å²) in [5.74, 6) is 1.21. The van der Waals surface area contributed by atoms with Gasteiger partial charge in [0.1, 0.15) is 0 Å². The van der Waals surface area contributed by atoms with Crippen LogP contribution in [0.2, 0.25) is 0 Å². The van der Waals surface area contributed by atoms with Gasteiger partial charge in [0, 0.05) is 29.5 Å². The second kappa shape index (κ2) is 11.1. The standard InChI is InChI=1S/C39H24N2O.Pt/c1-25-18-19-40-37(20-25)27-10-4-12-29(21-27)42-30-13-5-11-28(22-30)38-23-35-32-15-3-2-14-31(32)33-16-6-8-26-9-7-17-34(39(26)33)36(35)24-41-38;/h2-20,23-24H,1H3;/q-2;+2. The molecule has 3 nitrogen and oxygen atoms in total. The minimum atomic E-state index is 0. The third-order valence-electron chi connectivity index (χ3n) is 7.83. The number of aromatic nitrogens is 2. The van der Waals surface area contributed by atoms with Gasteiger partial charge < -0.3 is 14.7 Å². The van der Waals surface area contributed by atoms with Crippen molar-refractivity contribution in [1.82, 2.24) is 9.97 Å². The molecule has 0 amide bonds. The summed E-state index contributed by atoms with van der Waals surface area (Å²) >= 11 is 0. The first-order chi connectivity index (χ1) is 20.7. The van der Waals surface area contributed by atoms with E-state index < -0.39 is 0 Å². The Morgan fingerprint density at radius 1 is 0.535 bits per heavy atom. The van der Waals surface area contributed by atoms with Gasteiger partial charge in [0.05, 0.1) is 0 Å². The summed E-state index contributed by atoms with van der Waals surface area (Å²) in [6.07, 6.45) is 3.82. The fourth-order valence-corrected chi connectivity index (χ4v) is 5.90. The number of pyridine rings is 2.